The van der Waals surface area contributed by atoms with Gasteiger partial charge in [0, 0.05) is 25.0 Å². The smallest absolute Gasteiger partial charge is 0.422 e. The van der Waals surface area contributed by atoms with Crippen molar-refractivity contribution in [3.63, 3.8) is 0 Å². The van der Waals surface area contributed by atoms with Crippen molar-refractivity contribution in [1.29, 1.82) is 0 Å². The van der Waals surface area contributed by atoms with Crippen LogP contribution in [0, 0.1) is 0 Å². The Kier molecular flexibility index (Phi) is 5.73. The molecule has 1 amide bonds. The van der Waals surface area contributed by atoms with E-state index in [4.69, 9.17) is 5.11 Å². The third-order valence-corrected chi connectivity index (χ3v) is 3.58. The van der Waals surface area contributed by atoms with Gasteiger partial charge in [-0.1, -0.05) is 6.07 Å². The molecule has 2 N–H and O–H groups in total. The van der Waals surface area contributed by atoms with Gasteiger partial charge < -0.3 is 15.2 Å². The Hall–Kier alpha value is -3.21. The molecule has 0 saturated carbocycles. The molecular formula is C17H16F3N5O3. The number of halogens is 3. The molecule has 0 fully saturated rings. The first-order chi connectivity index (χ1) is 13.4. The number of rotatable bonds is 7. The van der Waals surface area contributed by atoms with Crippen LogP contribution in [0.1, 0.15) is 16.2 Å². The van der Waals surface area contributed by atoms with Crippen LogP contribution in [-0.4, -0.2) is 56.7 Å². The van der Waals surface area contributed by atoms with Gasteiger partial charge >= 0.3 is 6.18 Å². The number of hydrogen-bond donors (Lipinski definition) is 2. The summed E-state index contributed by atoms with van der Waals surface area (Å²) >= 11 is 0. The van der Waals surface area contributed by atoms with Gasteiger partial charge in [0.25, 0.3) is 5.91 Å². The lowest BCUT2D eigenvalue weighted by Crippen LogP contribution is -2.27. The Morgan fingerprint density at radius 2 is 2.11 bits per heavy atom. The van der Waals surface area contributed by atoms with Crippen LogP contribution in [-0.2, 0) is 6.54 Å². The summed E-state index contributed by atoms with van der Waals surface area (Å²) in [5.74, 6) is -0.586. The maximum absolute atomic E-state index is 12.3. The molecule has 0 bridgehead atoms. The quantitative estimate of drug-likeness (QED) is 0.629. The van der Waals surface area contributed by atoms with Gasteiger partial charge in [0.2, 0.25) is 5.88 Å². The van der Waals surface area contributed by atoms with E-state index >= 15 is 0 Å². The molecule has 148 valence electrons. The Labute approximate surface area is 157 Å². The summed E-state index contributed by atoms with van der Waals surface area (Å²) in [6.07, 6.45) is -1.41. The maximum Gasteiger partial charge on any atom is 0.422 e. The van der Waals surface area contributed by atoms with Crippen molar-refractivity contribution >= 4 is 16.8 Å². The number of carbonyl (C=O) groups is 1. The third-order valence-electron chi connectivity index (χ3n) is 3.58. The highest BCUT2D eigenvalue weighted by molar-refractivity contribution is 6.04. The average Bonchev–Trinajstić information content (AvgIpc) is 3.06. The summed E-state index contributed by atoms with van der Waals surface area (Å²) in [5.41, 5.74) is 1.12. The van der Waals surface area contributed by atoms with Gasteiger partial charge in [0.15, 0.2) is 6.61 Å². The largest absolute Gasteiger partial charge is 0.468 e. The van der Waals surface area contributed by atoms with Gasteiger partial charge in [-0.3, -0.25) is 14.5 Å². The molecule has 0 spiro atoms. The van der Waals surface area contributed by atoms with E-state index in [1.165, 1.54) is 23.0 Å². The van der Waals surface area contributed by atoms with Crippen molar-refractivity contribution in [1.82, 2.24) is 25.1 Å². The molecule has 0 saturated heterocycles. The second-order valence-electron chi connectivity index (χ2n) is 5.77. The second-order valence-corrected chi connectivity index (χ2v) is 5.77. The molecule has 0 aliphatic rings. The summed E-state index contributed by atoms with van der Waals surface area (Å²) in [6, 6.07) is 6.12. The monoisotopic (exact) mass is 395 g/mol. The summed E-state index contributed by atoms with van der Waals surface area (Å²) in [6.45, 7) is -1.36. The predicted molar refractivity (Wildman–Crippen MR) is 91.8 cm³/mol. The number of aromatic nitrogens is 4. The minimum atomic E-state index is -4.45. The molecule has 3 aromatic rings. The Morgan fingerprint density at radius 1 is 1.29 bits per heavy atom. The van der Waals surface area contributed by atoms with Crippen LogP contribution in [0.4, 0.5) is 13.2 Å². The molecule has 11 heteroatoms. The van der Waals surface area contributed by atoms with Crippen LogP contribution in [0.25, 0.3) is 10.9 Å². The Bertz CT molecular complexity index is 974. The average molecular weight is 395 g/mol. The molecule has 0 aromatic carbocycles. The number of amides is 1. The fourth-order valence-electron chi connectivity index (χ4n) is 2.46. The van der Waals surface area contributed by atoms with E-state index in [0.717, 1.165) is 0 Å². The molecule has 0 aliphatic heterocycles. The number of aliphatic hydroxyl groups is 1. The van der Waals surface area contributed by atoms with E-state index in [0.29, 0.717) is 16.6 Å². The van der Waals surface area contributed by atoms with Gasteiger partial charge in [-0.15, -0.1) is 0 Å². The van der Waals surface area contributed by atoms with Crippen molar-refractivity contribution in [2.45, 2.75) is 12.7 Å². The molecule has 3 rings (SSSR count). The highest BCUT2D eigenvalue weighted by atomic mass is 19.4. The number of ether oxygens (including phenoxy) is 1. The zero-order valence-corrected chi connectivity index (χ0v) is 14.5. The first kappa shape index (κ1) is 19.5. The zero-order chi connectivity index (χ0) is 20.1. The molecule has 3 heterocycles. The van der Waals surface area contributed by atoms with Crippen LogP contribution < -0.4 is 10.1 Å². The number of pyridine rings is 2. The molecule has 28 heavy (non-hydrogen) atoms. The van der Waals surface area contributed by atoms with Crippen molar-refractivity contribution < 1.29 is 27.8 Å². The van der Waals surface area contributed by atoms with E-state index in [2.05, 4.69) is 25.1 Å². The van der Waals surface area contributed by atoms with Gasteiger partial charge in [-0.25, -0.2) is 4.98 Å². The standard InChI is InChI=1S/C17H16F3N5O3/c18-17(19,20)10-28-14-3-1-2-11(23-14)8-25-9-12-13(24-25)4-5-21-15(12)16(27)22-6-7-26/h1-5,9,26H,6-8,10H2,(H,22,27). The lowest BCUT2D eigenvalue weighted by atomic mass is 10.2. The van der Waals surface area contributed by atoms with E-state index < -0.39 is 18.7 Å². The summed E-state index contributed by atoms with van der Waals surface area (Å²) < 4.78 is 43.0. The minimum absolute atomic E-state index is 0.0969. The molecule has 0 radical (unpaired) electrons. The molecule has 0 aliphatic carbocycles. The van der Waals surface area contributed by atoms with Gasteiger partial charge in [-0.05, 0) is 12.1 Å². The fraction of sp³-hybridized carbons (Fsp3) is 0.294. The predicted octanol–water partition coefficient (Wildman–Crippen LogP) is 1.54. The van der Waals surface area contributed by atoms with Crippen LogP contribution in [0.3, 0.4) is 0 Å². The zero-order valence-electron chi connectivity index (χ0n) is 14.5. The van der Waals surface area contributed by atoms with Crippen LogP contribution in [0.5, 0.6) is 5.88 Å². The van der Waals surface area contributed by atoms with E-state index in [1.54, 1.807) is 18.3 Å². The van der Waals surface area contributed by atoms with Crippen LogP contribution in [0.15, 0.2) is 36.7 Å². The lowest BCUT2D eigenvalue weighted by Gasteiger charge is -2.09. The summed E-state index contributed by atoms with van der Waals surface area (Å²) in [4.78, 5) is 20.2. The van der Waals surface area contributed by atoms with E-state index in [-0.39, 0.29) is 31.3 Å². The minimum Gasteiger partial charge on any atom is -0.468 e. The number of alkyl halides is 3. The van der Waals surface area contributed by atoms with Crippen LogP contribution >= 0.6 is 0 Å². The number of aliphatic hydroxyl groups excluding tert-OH is 1. The van der Waals surface area contributed by atoms with Gasteiger partial charge in [0.1, 0.15) is 5.69 Å². The first-order valence-electron chi connectivity index (χ1n) is 8.22. The SMILES string of the molecule is O=C(NCCO)c1nccc2nn(Cc3cccc(OCC(F)(F)F)n3)cc12. The maximum atomic E-state index is 12.3. The highest BCUT2D eigenvalue weighted by Gasteiger charge is 2.28. The Balaban J connectivity index is 1.79. The summed E-state index contributed by atoms with van der Waals surface area (Å²) in [5, 5.41) is 16.2. The van der Waals surface area contributed by atoms with Crippen molar-refractivity contribution in [3.05, 3.63) is 48.0 Å². The summed E-state index contributed by atoms with van der Waals surface area (Å²) in [7, 11) is 0. The number of fused-ring (bicyclic) bond motifs is 1. The lowest BCUT2D eigenvalue weighted by molar-refractivity contribution is -0.154. The normalized spacial score (nSPS) is 11.6. The van der Waals surface area contributed by atoms with Crippen molar-refractivity contribution in [2.24, 2.45) is 0 Å². The molecule has 8 nitrogen and oxygen atoms in total. The molecule has 0 atom stereocenters. The number of nitrogens with zero attached hydrogens (tertiary/aromatic N) is 4. The highest BCUT2D eigenvalue weighted by Crippen LogP contribution is 2.19. The number of carbonyl (C=O) groups excluding carboxylic acids is 1. The Morgan fingerprint density at radius 3 is 2.86 bits per heavy atom. The van der Waals surface area contributed by atoms with Crippen molar-refractivity contribution in [2.75, 3.05) is 19.8 Å². The number of nitrogens with one attached hydrogen (secondary N) is 1. The third kappa shape index (κ3) is 4.94. The van der Waals surface area contributed by atoms with Crippen molar-refractivity contribution in [3.8, 4) is 5.88 Å². The van der Waals surface area contributed by atoms with Gasteiger partial charge in [0.05, 0.1) is 29.7 Å². The van der Waals surface area contributed by atoms with E-state index in [9.17, 15) is 18.0 Å². The van der Waals surface area contributed by atoms with Gasteiger partial charge in [-0.2, -0.15) is 18.3 Å². The molecule has 0 unspecified atom stereocenters. The molecular weight excluding hydrogens is 379 g/mol. The fourth-order valence-corrected chi connectivity index (χ4v) is 2.46. The van der Waals surface area contributed by atoms with E-state index in [1.807, 2.05) is 0 Å². The number of hydrogen-bond acceptors (Lipinski definition) is 6. The topological polar surface area (TPSA) is 102 Å². The van der Waals surface area contributed by atoms with Crippen LogP contribution in [0.2, 0.25) is 0 Å². The first-order valence-corrected chi connectivity index (χ1v) is 8.22. The second kappa shape index (κ2) is 8.21. The molecule has 3 aromatic heterocycles.